The largest absolute Gasteiger partial charge is 0.497 e. The molecule has 1 heterocycles. The lowest BCUT2D eigenvalue weighted by molar-refractivity contribution is -0.0897. The van der Waals surface area contributed by atoms with Gasteiger partial charge in [-0.15, -0.1) is 0 Å². The van der Waals surface area contributed by atoms with Crippen molar-refractivity contribution in [2.75, 3.05) is 20.3 Å². The van der Waals surface area contributed by atoms with Gasteiger partial charge in [0.2, 0.25) is 0 Å². The van der Waals surface area contributed by atoms with Crippen LogP contribution in [-0.4, -0.2) is 60.6 Å². The second-order valence-corrected chi connectivity index (χ2v) is 28.2. The van der Waals surface area contributed by atoms with Crippen molar-refractivity contribution in [3.05, 3.63) is 42.0 Å². The minimum Gasteiger partial charge on any atom is -0.497 e. The Hall–Kier alpha value is -1.01. The Labute approximate surface area is 304 Å². The van der Waals surface area contributed by atoms with E-state index >= 15 is 0 Å². The van der Waals surface area contributed by atoms with Crippen LogP contribution in [0.1, 0.15) is 129 Å². The highest BCUT2D eigenvalue weighted by Gasteiger charge is 2.63. The van der Waals surface area contributed by atoms with Gasteiger partial charge in [0.05, 0.1) is 32.0 Å². The Morgan fingerprint density at radius 2 is 1.43 bits per heavy atom. The molecule has 0 unspecified atom stereocenters. The van der Waals surface area contributed by atoms with E-state index in [-0.39, 0.29) is 34.1 Å². The van der Waals surface area contributed by atoms with E-state index in [1.54, 1.807) is 7.11 Å². The fraction of sp³-hybridized carbons (Fsp3) is 0.805. The average molecular weight is 721 g/mol. The summed E-state index contributed by atoms with van der Waals surface area (Å²) in [4.78, 5) is 0. The molecule has 6 nitrogen and oxygen atoms in total. The molecule has 1 aliphatic heterocycles. The molecule has 0 amide bonds. The van der Waals surface area contributed by atoms with Gasteiger partial charge < -0.3 is 27.9 Å². The Balaban J connectivity index is 2.13. The first kappa shape index (κ1) is 44.2. The standard InChI is InChI=1S/C41H76O6Si2/c1-29(2)48(30(3)4,31(5)6)45-27-33(8)39-34(9)38(46-49(47-39,40(10,11)12)41(13,14)15)19-17-18-36(42)26-32(7)24-25-44-28-35-20-22-37(43-16)23-21-35/h17-18,20-23,29-34,36,38-39,42H,19,24-28H2,1-16H3/b18-17+/t32-,33+,34-,36+,38+,39+/m1/s1. The van der Waals surface area contributed by atoms with Crippen LogP contribution in [0.2, 0.25) is 26.7 Å². The van der Waals surface area contributed by atoms with E-state index in [4.69, 9.17) is 22.8 Å². The lowest BCUT2D eigenvalue weighted by Crippen LogP contribution is -2.67. The van der Waals surface area contributed by atoms with E-state index < -0.39 is 23.0 Å². The van der Waals surface area contributed by atoms with Gasteiger partial charge in [0.15, 0.2) is 8.32 Å². The summed E-state index contributed by atoms with van der Waals surface area (Å²) in [6.07, 6.45) is 6.06. The van der Waals surface area contributed by atoms with Gasteiger partial charge in [0.1, 0.15) is 5.75 Å². The Morgan fingerprint density at radius 1 is 0.878 bits per heavy atom. The van der Waals surface area contributed by atoms with Crippen LogP contribution in [0.4, 0.5) is 0 Å². The molecule has 1 aromatic rings. The second-order valence-electron chi connectivity index (χ2n) is 18.1. The van der Waals surface area contributed by atoms with Gasteiger partial charge in [-0.3, -0.25) is 0 Å². The van der Waals surface area contributed by atoms with Gasteiger partial charge in [0, 0.05) is 35.1 Å². The molecule has 0 saturated carbocycles. The minimum atomic E-state index is -2.77. The van der Waals surface area contributed by atoms with Crippen molar-refractivity contribution in [3.8, 4) is 5.75 Å². The number of hydrogen-bond donors (Lipinski definition) is 1. The molecule has 6 atom stereocenters. The minimum absolute atomic E-state index is 0.0147. The second kappa shape index (κ2) is 18.7. The summed E-state index contributed by atoms with van der Waals surface area (Å²) in [5.74, 6) is 1.63. The summed E-state index contributed by atoms with van der Waals surface area (Å²) >= 11 is 0. The first-order chi connectivity index (χ1) is 22.6. The van der Waals surface area contributed by atoms with Crippen LogP contribution in [0.5, 0.6) is 5.75 Å². The van der Waals surface area contributed by atoms with Crippen LogP contribution in [0.15, 0.2) is 36.4 Å². The predicted octanol–water partition coefficient (Wildman–Crippen LogP) is 11.2. The average Bonchev–Trinajstić information content (AvgIpc) is 2.98. The van der Waals surface area contributed by atoms with Crippen LogP contribution in [-0.2, 0) is 24.6 Å². The molecule has 1 saturated heterocycles. The van der Waals surface area contributed by atoms with Crippen LogP contribution < -0.4 is 4.74 Å². The van der Waals surface area contributed by atoms with Crippen molar-refractivity contribution in [2.24, 2.45) is 17.8 Å². The normalized spacial score (nSPS) is 22.7. The first-order valence-electron chi connectivity index (χ1n) is 19.2. The molecule has 2 rings (SSSR count). The van der Waals surface area contributed by atoms with Gasteiger partial charge in [-0.2, -0.15) is 0 Å². The van der Waals surface area contributed by atoms with Crippen LogP contribution in [0.3, 0.4) is 0 Å². The zero-order chi connectivity index (χ0) is 37.4. The molecule has 284 valence electrons. The summed E-state index contributed by atoms with van der Waals surface area (Å²) in [7, 11) is -3.10. The molecular weight excluding hydrogens is 645 g/mol. The molecule has 0 bridgehead atoms. The predicted molar refractivity (Wildman–Crippen MR) is 211 cm³/mol. The molecule has 1 N–H and O–H groups in total. The maximum atomic E-state index is 11.0. The SMILES string of the molecule is COc1ccc(COCC[C@@H](C)C[C@@H](O)/C=C/C[C@@H]2O[Si](C(C)(C)C)(C(C)(C)C)O[C@@H]([C@@H](C)CO[Si](C(C)C)(C(C)C)C(C)C)[C@@H]2C)cc1. The quantitative estimate of drug-likeness (QED) is 0.0925. The number of aliphatic hydroxyl groups excluding tert-OH is 1. The topological polar surface area (TPSA) is 66.4 Å². The van der Waals surface area contributed by atoms with Crippen LogP contribution >= 0.6 is 0 Å². The van der Waals surface area contributed by atoms with E-state index in [2.05, 4.69) is 110 Å². The lowest BCUT2D eigenvalue weighted by Gasteiger charge is -2.58. The number of rotatable bonds is 18. The fourth-order valence-electron chi connectivity index (χ4n) is 8.63. The Morgan fingerprint density at radius 3 is 1.92 bits per heavy atom. The molecule has 0 aromatic heterocycles. The van der Waals surface area contributed by atoms with Crippen molar-refractivity contribution >= 4 is 16.9 Å². The summed E-state index contributed by atoms with van der Waals surface area (Å²) < 4.78 is 32.9. The molecule has 0 spiro atoms. The third kappa shape index (κ3) is 11.2. The molecule has 1 aliphatic rings. The van der Waals surface area contributed by atoms with E-state index in [1.165, 1.54) is 0 Å². The number of aliphatic hydroxyl groups is 1. The van der Waals surface area contributed by atoms with Crippen molar-refractivity contribution in [2.45, 2.75) is 175 Å². The lowest BCUT2D eigenvalue weighted by atomic mass is 9.88. The van der Waals surface area contributed by atoms with E-state index in [9.17, 15) is 5.11 Å². The summed E-state index contributed by atoms with van der Waals surface area (Å²) in [5.41, 5.74) is 2.77. The molecule has 49 heavy (non-hydrogen) atoms. The first-order valence-corrected chi connectivity index (χ1v) is 23.1. The van der Waals surface area contributed by atoms with Crippen molar-refractivity contribution in [1.29, 1.82) is 0 Å². The molecule has 1 fully saturated rings. The smallest absolute Gasteiger partial charge is 0.349 e. The monoisotopic (exact) mass is 721 g/mol. The highest BCUT2D eigenvalue weighted by Crippen LogP contribution is 2.57. The number of benzene rings is 1. The molecule has 0 aliphatic carbocycles. The summed E-state index contributed by atoms with van der Waals surface area (Å²) in [6.45, 7) is 36.7. The van der Waals surface area contributed by atoms with E-state index in [1.807, 2.05) is 30.3 Å². The summed E-state index contributed by atoms with van der Waals surface area (Å²) in [6, 6.07) is 7.98. The van der Waals surface area contributed by atoms with Crippen molar-refractivity contribution in [1.82, 2.24) is 0 Å². The van der Waals surface area contributed by atoms with E-state index in [0.29, 0.717) is 42.2 Å². The van der Waals surface area contributed by atoms with Crippen molar-refractivity contribution < 1.29 is 27.9 Å². The van der Waals surface area contributed by atoms with Crippen LogP contribution in [0.25, 0.3) is 0 Å². The number of ether oxygens (including phenoxy) is 2. The molecule has 1 aromatic carbocycles. The maximum Gasteiger partial charge on any atom is 0.349 e. The van der Waals surface area contributed by atoms with Crippen molar-refractivity contribution in [3.63, 3.8) is 0 Å². The summed E-state index contributed by atoms with van der Waals surface area (Å²) in [5, 5.41) is 10.7. The molecule has 0 radical (unpaired) electrons. The third-order valence-corrected chi connectivity index (χ3v) is 22.4. The Kier molecular flexibility index (Phi) is 16.8. The third-order valence-electron chi connectivity index (χ3n) is 11.1. The number of hydrogen-bond acceptors (Lipinski definition) is 6. The Bertz CT molecular complexity index is 1080. The number of methoxy groups -OCH3 is 1. The molecule has 8 heteroatoms. The zero-order valence-electron chi connectivity index (χ0n) is 34.4. The van der Waals surface area contributed by atoms with Gasteiger partial charge >= 0.3 is 8.56 Å². The van der Waals surface area contributed by atoms with Gasteiger partial charge in [-0.1, -0.05) is 128 Å². The highest BCUT2D eigenvalue weighted by atomic mass is 28.4. The fourth-order valence-corrected chi connectivity index (χ4v) is 19.5. The van der Waals surface area contributed by atoms with Crippen LogP contribution in [0, 0.1) is 17.8 Å². The maximum absolute atomic E-state index is 11.0. The van der Waals surface area contributed by atoms with Gasteiger partial charge in [-0.25, -0.2) is 0 Å². The zero-order valence-corrected chi connectivity index (χ0v) is 36.4. The van der Waals surface area contributed by atoms with E-state index in [0.717, 1.165) is 30.8 Å². The molecular formula is C41H76O6Si2. The van der Waals surface area contributed by atoms with Gasteiger partial charge in [0.25, 0.3) is 0 Å². The highest BCUT2D eigenvalue weighted by molar-refractivity contribution is 6.77. The van der Waals surface area contributed by atoms with Gasteiger partial charge in [-0.05, 0) is 59.5 Å².